The highest BCUT2D eigenvalue weighted by molar-refractivity contribution is 5.26. The van der Waals surface area contributed by atoms with E-state index < -0.39 is 0 Å². The summed E-state index contributed by atoms with van der Waals surface area (Å²) in [6.45, 7) is 7.02. The molecular weight excluding hydrogens is 222 g/mol. The van der Waals surface area contributed by atoms with E-state index in [4.69, 9.17) is 0 Å². The molecule has 0 radical (unpaired) electrons. The Hall–Kier alpha value is -1.61. The summed E-state index contributed by atoms with van der Waals surface area (Å²) in [7, 11) is 0. The molecule has 3 heteroatoms. The van der Waals surface area contributed by atoms with E-state index in [2.05, 4.69) is 54.6 Å². The minimum atomic E-state index is 0.867. The van der Waals surface area contributed by atoms with E-state index in [1.807, 2.05) is 10.9 Å². The molecule has 0 aliphatic rings. The maximum absolute atomic E-state index is 4.27. The topological polar surface area (TPSA) is 29.9 Å². The van der Waals surface area contributed by atoms with Crippen molar-refractivity contribution in [1.82, 2.24) is 15.1 Å². The number of hydrogen-bond donors (Lipinski definition) is 1. The Bertz CT molecular complexity index is 488. The molecule has 1 aromatic carbocycles. The van der Waals surface area contributed by atoms with Crippen molar-refractivity contribution in [3.05, 3.63) is 53.3 Å². The molecule has 0 amide bonds. The van der Waals surface area contributed by atoms with Crippen molar-refractivity contribution >= 4 is 0 Å². The lowest BCUT2D eigenvalue weighted by molar-refractivity contribution is 0.580. The SMILES string of the molecule is CCc1ccccc1CNCc1ccnn1CC. The maximum Gasteiger partial charge on any atom is 0.0522 e. The molecule has 18 heavy (non-hydrogen) atoms. The van der Waals surface area contributed by atoms with E-state index in [1.165, 1.54) is 16.8 Å². The Balaban J connectivity index is 1.92. The minimum Gasteiger partial charge on any atom is -0.307 e. The summed E-state index contributed by atoms with van der Waals surface area (Å²) in [5.41, 5.74) is 4.06. The molecule has 0 atom stereocenters. The first-order valence-corrected chi connectivity index (χ1v) is 6.63. The summed E-state index contributed by atoms with van der Waals surface area (Å²) < 4.78 is 2.03. The van der Waals surface area contributed by atoms with Crippen LogP contribution < -0.4 is 5.32 Å². The van der Waals surface area contributed by atoms with Gasteiger partial charge in [-0.15, -0.1) is 0 Å². The lowest BCUT2D eigenvalue weighted by Crippen LogP contribution is -2.17. The summed E-state index contributed by atoms with van der Waals surface area (Å²) in [6, 6.07) is 10.7. The molecule has 0 bridgehead atoms. The van der Waals surface area contributed by atoms with Crippen LogP contribution in [0.15, 0.2) is 36.5 Å². The van der Waals surface area contributed by atoms with Crippen molar-refractivity contribution in [2.75, 3.05) is 0 Å². The number of nitrogens with zero attached hydrogens (tertiary/aromatic N) is 2. The molecule has 0 fully saturated rings. The van der Waals surface area contributed by atoms with Gasteiger partial charge in [-0.1, -0.05) is 31.2 Å². The predicted molar refractivity (Wildman–Crippen MR) is 74.3 cm³/mol. The van der Waals surface area contributed by atoms with Crippen LogP contribution in [0, 0.1) is 0 Å². The average Bonchev–Trinajstić information content (AvgIpc) is 2.87. The van der Waals surface area contributed by atoms with Gasteiger partial charge in [-0.05, 0) is 30.5 Å². The average molecular weight is 243 g/mol. The molecule has 0 saturated carbocycles. The van der Waals surface area contributed by atoms with Crippen molar-refractivity contribution in [3.8, 4) is 0 Å². The molecule has 2 aromatic rings. The van der Waals surface area contributed by atoms with Crippen molar-refractivity contribution in [1.29, 1.82) is 0 Å². The zero-order valence-corrected chi connectivity index (χ0v) is 11.2. The molecule has 0 saturated heterocycles. The van der Waals surface area contributed by atoms with Crippen LogP contribution in [0.4, 0.5) is 0 Å². The van der Waals surface area contributed by atoms with Crippen LogP contribution in [0.1, 0.15) is 30.7 Å². The first kappa shape index (κ1) is 12.8. The van der Waals surface area contributed by atoms with Crippen LogP contribution in [0.3, 0.4) is 0 Å². The van der Waals surface area contributed by atoms with E-state index in [9.17, 15) is 0 Å². The third-order valence-corrected chi connectivity index (χ3v) is 3.22. The molecule has 3 nitrogen and oxygen atoms in total. The largest absolute Gasteiger partial charge is 0.307 e. The van der Waals surface area contributed by atoms with Gasteiger partial charge >= 0.3 is 0 Å². The van der Waals surface area contributed by atoms with Crippen LogP contribution in [0.25, 0.3) is 0 Å². The molecule has 0 unspecified atom stereocenters. The Labute approximate surface area is 109 Å². The highest BCUT2D eigenvalue weighted by Crippen LogP contribution is 2.09. The van der Waals surface area contributed by atoms with Gasteiger partial charge in [0.2, 0.25) is 0 Å². The van der Waals surface area contributed by atoms with Gasteiger partial charge in [-0.2, -0.15) is 5.10 Å². The van der Waals surface area contributed by atoms with Gasteiger partial charge in [0.05, 0.1) is 5.69 Å². The molecular formula is C15H21N3. The fourth-order valence-electron chi connectivity index (χ4n) is 2.20. The van der Waals surface area contributed by atoms with E-state index in [1.54, 1.807) is 0 Å². The van der Waals surface area contributed by atoms with Crippen molar-refractivity contribution in [3.63, 3.8) is 0 Å². The number of nitrogens with one attached hydrogen (secondary N) is 1. The number of aryl methyl sites for hydroxylation is 2. The van der Waals surface area contributed by atoms with Crippen LogP contribution in [0.2, 0.25) is 0 Å². The van der Waals surface area contributed by atoms with Gasteiger partial charge in [0.1, 0.15) is 0 Å². The summed E-state index contributed by atoms with van der Waals surface area (Å²) in [5.74, 6) is 0. The molecule has 0 aliphatic heterocycles. The Morgan fingerprint density at radius 2 is 1.83 bits per heavy atom. The summed E-state index contributed by atoms with van der Waals surface area (Å²) in [4.78, 5) is 0. The van der Waals surface area contributed by atoms with Gasteiger partial charge in [0.25, 0.3) is 0 Å². The van der Waals surface area contributed by atoms with E-state index in [0.717, 1.165) is 26.1 Å². The fourth-order valence-corrected chi connectivity index (χ4v) is 2.20. The summed E-state index contributed by atoms with van der Waals surface area (Å²) >= 11 is 0. The van der Waals surface area contributed by atoms with Crippen LogP contribution in [-0.2, 0) is 26.1 Å². The first-order valence-electron chi connectivity index (χ1n) is 6.63. The number of rotatable bonds is 6. The normalized spacial score (nSPS) is 10.8. The maximum atomic E-state index is 4.27. The first-order chi connectivity index (χ1) is 8.85. The second kappa shape index (κ2) is 6.36. The highest BCUT2D eigenvalue weighted by atomic mass is 15.3. The standard InChI is InChI=1S/C15H21N3/c1-3-13-7-5-6-8-14(13)11-16-12-15-9-10-17-18(15)4-2/h5-10,16H,3-4,11-12H2,1-2H3. The van der Waals surface area contributed by atoms with Crippen LogP contribution in [-0.4, -0.2) is 9.78 Å². The quantitative estimate of drug-likeness (QED) is 0.845. The summed E-state index contributed by atoms with van der Waals surface area (Å²) in [6.07, 6.45) is 2.95. The molecule has 1 aromatic heterocycles. The van der Waals surface area contributed by atoms with Crippen LogP contribution in [0.5, 0.6) is 0 Å². The van der Waals surface area contributed by atoms with E-state index in [0.29, 0.717) is 0 Å². The van der Waals surface area contributed by atoms with E-state index in [-0.39, 0.29) is 0 Å². The molecule has 0 spiro atoms. The van der Waals surface area contributed by atoms with Gasteiger partial charge in [0, 0.05) is 25.8 Å². The Kier molecular flexibility index (Phi) is 4.53. The molecule has 0 aliphatic carbocycles. The third kappa shape index (κ3) is 2.99. The molecule has 96 valence electrons. The smallest absolute Gasteiger partial charge is 0.0522 e. The Morgan fingerprint density at radius 3 is 2.56 bits per heavy atom. The third-order valence-electron chi connectivity index (χ3n) is 3.22. The Morgan fingerprint density at radius 1 is 1.06 bits per heavy atom. The van der Waals surface area contributed by atoms with Gasteiger partial charge in [0.15, 0.2) is 0 Å². The summed E-state index contributed by atoms with van der Waals surface area (Å²) in [5, 5.41) is 7.76. The van der Waals surface area contributed by atoms with Gasteiger partial charge in [-0.25, -0.2) is 0 Å². The minimum absolute atomic E-state index is 0.867. The second-order valence-corrected chi connectivity index (χ2v) is 4.36. The molecule has 1 heterocycles. The van der Waals surface area contributed by atoms with Crippen LogP contribution >= 0.6 is 0 Å². The lowest BCUT2D eigenvalue weighted by atomic mass is 10.1. The molecule has 1 N–H and O–H groups in total. The van der Waals surface area contributed by atoms with E-state index >= 15 is 0 Å². The second-order valence-electron chi connectivity index (χ2n) is 4.36. The van der Waals surface area contributed by atoms with Crippen molar-refractivity contribution in [2.45, 2.75) is 39.9 Å². The highest BCUT2D eigenvalue weighted by Gasteiger charge is 2.02. The van der Waals surface area contributed by atoms with Crippen molar-refractivity contribution in [2.24, 2.45) is 0 Å². The number of aromatic nitrogens is 2. The monoisotopic (exact) mass is 243 g/mol. The van der Waals surface area contributed by atoms with Crippen molar-refractivity contribution < 1.29 is 0 Å². The predicted octanol–water partition coefficient (Wildman–Crippen LogP) is 2.76. The number of benzene rings is 1. The number of hydrogen-bond acceptors (Lipinski definition) is 2. The zero-order valence-electron chi connectivity index (χ0n) is 11.2. The van der Waals surface area contributed by atoms with Gasteiger partial charge < -0.3 is 5.32 Å². The lowest BCUT2D eigenvalue weighted by Gasteiger charge is -2.10. The molecule has 2 rings (SSSR count). The van der Waals surface area contributed by atoms with Gasteiger partial charge in [-0.3, -0.25) is 4.68 Å². The fraction of sp³-hybridized carbons (Fsp3) is 0.400. The zero-order chi connectivity index (χ0) is 12.8.